The van der Waals surface area contributed by atoms with Gasteiger partial charge < -0.3 is 29.2 Å². The van der Waals surface area contributed by atoms with E-state index in [-0.39, 0.29) is 46.2 Å². The molecule has 0 saturated carbocycles. The Bertz CT molecular complexity index is 702. The minimum Gasteiger partial charge on any atom is -1.00 e. The maximum atomic E-state index is 12.8. The Labute approximate surface area is 169 Å². The molecule has 0 bridgehead atoms. The molecular weight excluding hydrogens is 458 g/mol. The van der Waals surface area contributed by atoms with Gasteiger partial charge in [-0.15, -0.1) is 17.3 Å². The molecule has 0 fully saturated rings. The van der Waals surface area contributed by atoms with Gasteiger partial charge in [0, 0.05) is 46.5 Å². The molecule has 0 aliphatic carbocycles. The average Bonchev–Trinajstić information content (AvgIpc) is 2.61. The zero-order valence-corrected chi connectivity index (χ0v) is 16.0. The van der Waals surface area contributed by atoms with Gasteiger partial charge in [0.05, 0.1) is 5.75 Å². The first kappa shape index (κ1) is 20.6. The molecule has 0 aliphatic heterocycles. The summed E-state index contributed by atoms with van der Waals surface area (Å²) in [5, 5.41) is 12.9. The number of benzene rings is 3. The molecule has 24 heavy (non-hydrogen) atoms. The van der Waals surface area contributed by atoms with Crippen LogP contribution >= 0.6 is 0 Å². The van der Waals surface area contributed by atoms with Gasteiger partial charge >= 0.3 is 0 Å². The molecule has 1 radical (unpaired) electrons. The molecule has 2 unspecified atom stereocenters. The molecule has 0 heterocycles. The van der Waals surface area contributed by atoms with Crippen molar-refractivity contribution in [2.45, 2.75) is 0 Å². The Morgan fingerprint density at radius 2 is 1.29 bits per heavy atom. The van der Waals surface area contributed by atoms with Crippen LogP contribution in [0.3, 0.4) is 0 Å². The molecule has 0 spiro atoms. The van der Waals surface area contributed by atoms with Crippen LogP contribution in [0, 0.1) is 11.3 Å². The van der Waals surface area contributed by atoms with Crippen molar-refractivity contribution in [2.75, 3.05) is 0 Å². The zero-order chi connectivity index (χ0) is 15.2. The van der Waals surface area contributed by atoms with Gasteiger partial charge in [0.1, 0.15) is 0 Å². The van der Waals surface area contributed by atoms with Crippen molar-refractivity contribution in [1.82, 2.24) is 0 Å². The van der Waals surface area contributed by atoms with Crippen LogP contribution in [0.4, 0.5) is 11.4 Å². The van der Waals surface area contributed by atoms with E-state index < -0.39 is 0 Å². The molecule has 2 N–H and O–H groups in total. The summed E-state index contributed by atoms with van der Waals surface area (Å²) in [5.41, 5.74) is 1.34. The van der Waals surface area contributed by atoms with Crippen molar-refractivity contribution < 1.29 is 56.2 Å². The van der Waals surface area contributed by atoms with E-state index in [0.717, 1.165) is 5.69 Å². The molecule has 3 aromatic carbocycles. The van der Waals surface area contributed by atoms with Gasteiger partial charge in [-0.3, -0.25) is 4.84 Å². The van der Waals surface area contributed by atoms with Crippen LogP contribution in [-0.4, -0.2) is 0 Å². The third-order valence-electron chi connectivity index (χ3n) is 3.17. The smallest absolute Gasteiger partial charge is 0.223 e. The number of quaternary nitrogens is 2. The molecule has 2 atom stereocenters. The van der Waals surface area contributed by atoms with E-state index in [1.165, 1.54) is 0 Å². The number of para-hydroxylation sites is 3. The van der Waals surface area contributed by atoms with Gasteiger partial charge in [-0.1, -0.05) is 36.4 Å². The van der Waals surface area contributed by atoms with E-state index in [9.17, 15) is 5.21 Å². The molecule has 3 aromatic rings. The van der Waals surface area contributed by atoms with Gasteiger partial charge in [0.2, 0.25) is 5.69 Å². The first-order valence-electron chi connectivity index (χ1n) is 7.01. The molecule has 125 valence electrons. The van der Waals surface area contributed by atoms with Gasteiger partial charge in [0.25, 0.3) is 0 Å². The number of halogens is 1. The fourth-order valence-electron chi connectivity index (χ4n) is 2.10. The Hall–Kier alpha value is -1.41. The normalized spacial score (nSPS) is 12.2. The monoisotopic (exact) mass is 474 g/mol. The molecule has 0 aliphatic rings. The molecule has 0 aromatic heterocycles. The summed E-state index contributed by atoms with van der Waals surface area (Å²) in [6.45, 7) is 0. The van der Waals surface area contributed by atoms with E-state index >= 15 is 0 Å². The topological polar surface area (TPSA) is 41.2 Å². The van der Waals surface area contributed by atoms with Crippen LogP contribution < -0.4 is 39.2 Å². The maximum Gasteiger partial charge on any atom is 0.223 e. The third kappa shape index (κ3) is 5.31. The molecule has 0 amide bonds. The Morgan fingerprint density at radius 1 is 0.750 bits per heavy atom. The molecule has 4 nitrogen and oxygen atoms in total. The second-order valence-electron chi connectivity index (χ2n) is 4.72. The Balaban J connectivity index is 0.00000144. The standard InChI is InChI=1S/C18H16N2O2.HI.Mn/c21-19(16-10-4-1-5-11-16)20(17-12-6-2-7-13-17)22-18-14-8-3-9-15-18;;/h1-14,19-20H;1H;/p-1. The van der Waals surface area contributed by atoms with Crippen LogP contribution in [0.2, 0.25) is 0 Å². The second-order valence-corrected chi connectivity index (χ2v) is 4.72. The Morgan fingerprint density at radius 3 is 1.83 bits per heavy atom. The summed E-state index contributed by atoms with van der Waals surface area (Å²) in [5.74, 6) is 0.519. The van der Waals surface area contributed by atoms with Gasteiger partial charge in [0.15, 0.2) is 5.69 Å². The average molecular weight is 474 g/mol. The van der Waals surface area contributed by atoms with Crippen molar-refractivity contribution in [2.24, 2.45) is 0 Å². The van der Waals surface area contributed by atoms with Crippen LogP contribution in [0.1, 0.15) is 0 Å². The van der Waals surface area contributed by atoms with E-state index in [2.05, 4.69) is 6.07 Å². The van der Waals surface area contributed by atoms with Crippen molar-refractivity contribution in [1.29, 1.82) is 0 Å². The zero-order valence-electron chi connectivity index (χ0n) is 12.7. The third-order valence-corrected chi connectivity index (χ3v) is 3.17. The quantitative estimate of drug-likeness (QED) is 0.208. The van der Waals surface area contributed by atoms with Crippen LogP contribution in [0.15, 0.2) is 84.9 Å². The van der Waals surface area contributed by atoms with Crippen molar-refractivity contribution in [3.8, 4) is 5.75 Å². The fourth-order valence-corrected chi connectivity index (χ4v) is 2.10. The van der Waals surface area contributed by atoms with Gasteiger partial charge in [-0.2, -0.15) is 18.2 Å². The van der Waals surface area contributed by atoms with Crippen LogP contribution in [0.5, 0.6) is 5.75 Å². The number of hydrogen-bond donors (Lipinski definition) is 2. The second kappa shape index (κ2) is 10.5. The summed E-state index contributed by atoms with van der Waals surface area (Å²) in [6.07, 6.45) is 0. The van der Waals surface area contributed by atoms with E-state index in [0.29, 0.717) is 16.6 Å². The van der Waals surface area contributed by atoms with Crippen molar-refractivity contribution in [3.63, 3.8) is 0 Å². The minimum absolute atomic E-state index is 0. The summed E-state index contributed by atoms with van der Waals surface area (Å²) >= 11 is 0. The predicted octanol–water partition coefficient (Wildman–Crippen LogP) is -1.37. The number of rotatable bonds is 5. The van der Waals surface area contributed by atoms with E-state index in [1.54, 1.807) is 24.3 Å². The molecule has 6 heteroatoms. The largest absolute Gasteiger partial charge is 1.00 e. The van der Waals surface area contributed by atoms with E-state index in [4.69, 9.17) is 4.84 Å². The number of hydrogen-bond acceptors (Lipinski definition) is 2. The maximum absolute atomic E-state index is 12.8. The Kier molecular flexibility index (Phi) is 8.99. The molecule has 3 rings (SSSR count). The van der Waals surface area contributed by atoms with Crippen molar-refractivity contribution in [3.05, 3.63) is 96.2 Å². The number of nitrogens with one attached hydrogen (secondary N) is 2. The van der Waals surface area contributed by atoms with E-state index in [1.807, 2.05) is 60.7 Å². The summed E-state index contributed by atoms with van der Waals surface area (Å²) in [6, 6.07) is 28.7. The summed E-state index contributed by atoms with van der Waals surface area (Å²) in [7, 11) is 0. The molecular formula is C18H16IMnN2O2-. The van der Waals surface area contributed by atoms with Crippen LogP contribution in [0.25, 0.3) is 0 Å². The fraction of sp³-hybridized carbons (Fsp3) is 0. The van der Waals surface area contributed by atoms with Crippen molar-refractivity contribution >= 4 is 11.4 Å². The van der Waals surface area contributed by atoms with Crippen LogP contribution in [-0.2, 0) is 17.1 Å². The summed E-state index contributed by atoms with van der Waals surface area (Å²) in [4.78, 5) is 5.83. The van der Waals surface area contributed by atoms with Gasteiger partial charge in [-0.25, -0.2) is 0 Å². The minimum atomic E-state index is -0.149. The predicted molar refractivity (Wildman–Crippen MR) is 83.4 cm³/mol. The first-order valence-corrected chi connectivity index (χ1v) is 7.01. The SMILES string of the molecule is [I-].[Mn].[O-][NH+](c1ccccc1)[NH+](Oc1[c-]cccc1)c1ccccc1. The summed E-state index contributed by atoms with van der Waals surface area (Å²) < 4.78 is 0. The first-order chi connectivity index (χ1) is 10.8. The molecule has 0 saturated heterocycles. The van der Waals surface area contributed by atoms with Gasteiger partial charge in [-0.05, 0) is 0 Å².